The molecular formula is C26H27N5O4. The number of fused-ring (bicyclic) bond motifs is 4. The van der Waals surface area contributed by atoms with E-state index in [2.05, 4.69) is 4.98 Å². The Bertz CT molecular complexity index is 1420. The van der Waals surface area contributed by atoms with Gasteiger partial charge in [0.2, 0.25) is 11.8 Å². The fourth-order valence-corrected chi connectivity index (χ4v) is 5.99. The third kappa shape index (κ3) is 3.21. The molecule has 0 aliphatic carbocycles. The van der Waals surface area contributed by atoms with Crippen LogP contribution in [0.1, 0.15) is 49.0 Å². The Morgan fingerprint density at radius 2 is 1.74 bits per heavy atom. The van der Waals surface area contributed by atoms with Gasteiger partial charge in [-0.2, -0.15) is 0 Å². The van der Waals surface area contributed by atoms with Gasteiger partial charge in [0.1, 0.15) is 12.2 Å². The van der Waals surface area contributed by atoms with E-state index in [1.807, 2.05) is 37.3 Å². The number of imidazole rings is 1. The van der Waals surface area contributed by atoms with Gasteiger partial charge in [0.25, 0.3) is 5.91 Å². The number of piperidine rings is 1. The molecule has 9 nitrogen and oxygen atoms in total. The Labute approximate surface area is 201 Å². The average molecular weight is 474 g/mol. The minimum atomic E-state index is -0.853. The summed E-state index contributed by atoms with van der Waals surface area (Å²) in [7, 11) is 0. The summed E-state index contributed by atoms with van der Waals surface area (Å²) >= 11 is 0. The van der Waals surface area contributed by atoms with Crippen LogP contribution in [0.4, 0.5) is 5.69 Å². The SMILES string of the molecule is CC12CCC(=O)N1c1ccccc1C(=O)N2CC(=O)N1CCC(n2c(=O)[nH]c3ccccc32)CC1. The largest absolute Gasteiger partial charge is 0.341 e. The van der Waals surface area contributed by atoms with Crippen LogP contribution >= 0.6 is 0 Å². The number of amides is 3. The molecule has 2 saturated heterocycles. The van der Waals surface area contributed by atoms with Crippen LogP contribution in [0.5, 0.6) is 0 Å². The van der Waals surface area contributed by atoms with Crippen LogP contribution in [-0.2, 0) is 9.59 Å². The molecule has 1 aromatic heterocycles. The maximum absolute atomic E-state index is 13.4. The third-order valence-corrected chi connectivity index (χ3v) is 7.85. The summed E-state index contributed by atoms with van der Waals surface area (Å²) < 4.78 is 1.80. The van der Waals surface area contributed by atoms with Gasteiger partial charge in [0, 0.05) is 25.6 Å². The molecule has 9 heteroatoms. The van der Waals surface area contributed by atoms with Crippen molar-refractivity contribution < 1.29 is 14.4 Å². The van der Waals surface area contributed by atoms with E-state index in [4.69, 9.17) is 0 Å². The number of benzene rings is 2. The van der Waals surface area contributed by atoms with Crippen LogP contribution in [0.3, 0.4) is 0 Å². The standard InChI is InChI=1S/C26H27N5O4/c1-26-13-10-22(32)31(26)20-8-4-2-6-18(20)24(34)29(26)16-23(33)28-14-11-17(12-15-28)30-21-9-5-3-7-19(21)27-25(30)35/h2-9,17H,10-16H2,1H3,(H,27,35). The van der Waals surface area contributed by atoms with E-state index in [0.717, 1.165) is 11.0 Å². The molecular weight excluding hydrogens is 446 g/mol. The number of nitrogens with zero attached hydrogens (tertiary/aromatic N) is 4. The van der Waals surface area contributed by atoms with Gasteiger partial charge in [0.05, 0.1) is 22.3 Å². The molecule has 1 N–H and O–H groups in total. The molecule has 0 radical (unpaired) electrons. The summed E-state index contributed by atoms with van der Waals surface area (Å²) in [5.74, 6) is -0.388. The van der Waals surface area contributed by atoms with Crippen molar-refractivity contribution in [2.75, 3.05) is 24.5 Å². The lowest BCUT2D eigenvalue weighted by Crippen LogP contribution is -2.64. The average Bonchev–Trinajstić information content (AvgIpc) is 3.37. The molecule has 0 spiro atoms. The van der Waals surface area contributed by atoms with E-state index in [1.165, 1.54) is 0 Å². The van der Waals surface area contributed by atoms with Crippen molar-refractivity contribution in [3.8, 4) is 0 Å². The summed E-state index contributed by atoms with van der Waals surface area (Å²) in [4.78, 5) is 60.0. The first-order valence-corrected chi connectivity index (χ1v) is 12.1. The normalized spacial score (nSPS) is 22.6. The maximum Gasteiger partial charge on any atom is 0.326 e. The molecule has 35 heavy (non-hydrogen) atoms. The number of aromatic nitrogens is 2. The Kier molecular flexibility index (Phi) is 4.84. The predicted molar refractivity (Wildman–Crippen MR) is 130 cm³/mol. The summed E-state index contributed by atoms with van der Waals surface area (Å²) in [6.07, 6.45) is 2.15. The van der Waals surface area contributed by atoms with Crippen molar-refractivity contribution in [3.63, 3.8) is 0 Å². The molecule has 180 valence electrons. The van der Waals surface area contributed by atoms with E-state index < -0.39 is 5.66 Å². The predicted octanol–water partition coefficient (Wildman–Crippen LogP) is 2.49. The summed E-state index contributed by atoms with van der Waals surface area (Å²) in [5.41, 5.74) is 1.77. The number of para-hydroxylation sites is 3. The number of H-pyrrole nitrogens is 1. The molecule has 6 rings (SSSR count). The van der Waals surface area contributed by atoms with E-state index in [-0.39, 0.29) is 36.0 Å². The highest BCUT2D eigenvalue weighted by Gasteiger charge is 2.53. The number of nitrogens with one attached hydrogen (secondary N) is 1. The molecule has 2 aromatic carbocycles. The van der Waals surface area contributed by atoms with Gasteiger partial charge < -0.3 is 14.8 Å². The van der Waals surface area contributed by atoms with Crippen molar-refractivity contribution >= 4 is 34.4 Å². The molecule has 2 fully saturated rings. The van der Waals surface area contributed by atoms with Crippen molar-refractivity contribution in [3.05, 3.63) is 64.6 Å². The zero-order valence-electron chi connectivity index (χ0n) is 19.6. The fraction of sp³-hybridized carbons (Fsp3) is 0.385. The fourth-order valence-electron chi connectivity index (χ4n) is 5.99. The molecule has 3 aromatic rings. The smallest absolute Gasteiger partial charge is 0.326 e. The number of hydrogen-bond donors (Lipinski definition) is 1. The second-order valence-electron chi connectivity index (χ2n) is 9.78. The van der Waals surface area contributed by atoms with Crippen molar-refractivity contribution in [2.45, 2.75) is 44.3 Å². The summed E-state index contributed by atoms with van der Waals surface area (Å²) in [5, 5.41) is 0. The highest BCUT2D eigenvalue weighted by atomic mass is 16.2. The molecule has 3 amide bonds. The first kappa shape index (κ1) is 21.6. The van der Waals surface area contributed by atoms with Gasteiger partial charge in [-0.3, -0.25) is 23.9 Å². The highest BCUT2D eigenvalue weighted by molar-refractivity contribution is 6.11. The van der Waals surface area contributed by atoms with Crippen LogP contribution in [0, 0.1) is 0 Å². The number of rotatable bonds is 3. The molecule has 0 bridgehead atoms. The number of anilines is 1. The molecule has 3 aliphatic rings. The Hall–Kier alpha value is -3.88. The van der Waals surface area contributed by atoms with Gasteiger partial charge in [0.15, 0.2) is 0 Å². The quantitative estimate of drug-likeness (QED) is 0.632. The number of carbonyl (C=O) groups excluding carboxylic acids is 3. The topological polar surface area (TPSA) is 98.7 Å². The van der Waals surface area contributed by atoms with Crippen LogP contribution < -0.4 is 10.6 Å². The Morgan fingerprint density at radius 1 is 1.03 bits per heavy atom. The van der Waals surface area contributed by atoms with E-state index in [0.29, 0.717) is 50.0 Å². The first-order valence-electron chi connectivity index (χ1n) is 12.1. The van der Waals surface area contributed by atoms with Crippen molar-refractivity contribution in [1.82, 2.24) is 19.4 Å². The molecule has 0 saturated carbocycles. The number of carbonyl (C=O) groups is 3. The second-order valence-corrected chi connectivity index (χ2v) is 9.78. The highest BCUT2D eigenvalue weighted by Crippen LogP contribution is 2.44. The lowest BCUT2D eigenvalue weighted by Gasteiger charge is -2.48. The van der Waals surface area contributed by atoms with E-state index >= 15 is 0 Å². The lowest BCUT2D eigenvalue weighted by atomic mass is 9.98. The maximum atomic E-state index is 13.4. The minimum Gasteiger partial charge on any atom is -0.341 e. The minimum absolute atomic E-state index is 0.00616. The van der Waals surface area contributed by atoms with Crippen LogP contribution in [0.2, 0.25) is 0 Å². The third-order valence-electron chi connectivity index (χ3n) is 7.85. The zero-order chi connectivity index (χ0) is 24.3. The van der Waals surface area contributed by atoms with Gasteiger partial charge >= 0.3 is 5.69 Å². The number of aromatic amines is 1. The second kappa shape index (κ2) is 7.83. The van der Waals surface area contributed by atoms with Crippen LogP contribution in [-0.4, -0.2) is 62.4 Å². The summed E-state index contributed by atoms with van der Waals surface area (Å²) in [6, 6.07) is 14.7. The lowest BCUT2D eigenvalue weighted by molar-refractivity contribution is -0.134. The van der Waals surface area contributed by atoms with Crippen molar-refractivity contribution in [2.24, 2.45) is 0 Å². The first-order chi connectivity index (χ1) is 16.9. The monoisotopic (exact) mass is 473 g/mol. The van der Waals surface area contributed by atoms with Gasteiger partial charge in [-0.25, -0.2) is 4.79 Å². The Balaban J connectivity index is 1.20. The molecule has 4 heterocycles. The van der Waals surface area contributed by atoms with Crippen molar-refractivity contribution in [1.29, 1.82) is 0 Å². The van der Waals surface area contributed by atoms with Gasteiger partial charge in [-0.1, -0.05) is 24.3 Å². The molecule has 3 aliphatic heterocycles. The number of hydrogen-bond acceptors (Lipinski definition) is 4. The van der Waals surface area contributed by atoms with E-state index in [1.54, 1.807) is 37.5 Å². The van der Waals surface area contributed by atoms with Crippen LogP contribution in [0.15, 0.2) is 53.3 Å². The molecule has 1 unspecified atom stereocenters. The number of likely N-dealkylation sites (tertiary alicyclic amines) is 1. The van der Waals surface area contributed by atoms with Gasteiger partial charge in [-0.15, -0.1) is 0 Å². The summed E-state index contributed by atoms with van der Waals surface area (Å²) in [6.45, 7) is 2.81. The zero-order valence-corrected chi connectivity index (χ0v) is 19.6. The van der Waals surface area contributed by atoms with Crippen LogP contribution in [0.25, 0.3) is 11.0 Å². The van der Waals surface area contributed by atoms with Gasteiger partial charge in [-0.05, 0) is 50.5 Å². The molecule has 1 atom stereocenters. The van der Waals surface area contributed by atoms with E-state index in [9.17, 15) is 19.2 Å². The Morgan fingerprint density at radius 3 is 2.54 bits per heavy atom.